The summed E-state index contributed by atoms with van der Waals surface area (Å²) in [5, 5.41) is 6.93. The highest BCUT2D eigenvalue weighted by Crippen LogP contribution is 2.16. The van der Waals surface area contributed by atoms with Crippen molar-refractivity contribution in [2.24, 2.45) is 0 Å². The van der Waals surface area contributed by atoms with Crippen LogP contribution >= 0.6 is 0 Å². The van der Waals surface area contributed by atoms with Crippen LogP contribution in [0.5, 0.6) is 0 Å². The Hall–Kier alpha value is -2.37. The van der Waals surface area contributed by atoms with Crippen molar-refractivity contribution in [1.29, 1.82) is 0 Å². The first-order valence-electron chi connectivity index (χ1n) is 6.39. The first-order valence-corrected chi connectivity index (χ1v) is 6.39. The van der Waals surface area contributed by atoms with Gasteiger partial charge in [-0.3, -0.25) is 9.48 Å². The zero-order valence-corrected chi connectivity index (χ0v) is 11.3. The van der Waals surface area contributed by atoms with Gasteiger partial charge in [0.15, 0.2) is 0 Å². The van der Waals surface area contributed by atoms with E-state index in [1.807, 2.05) is 19.2 Å². The molecule has 0 aliphatic rings. The standard InChI is InChI=1S/C14H17FN4O/c1-10-6-8-19(18-10)7-2-3-14(20)17-11-4-5-12(15)13(16)9-11/h4-6,8-9H,2-3,7,16H2,1H3,(H,17,20). The number of hydrogen-bond acceptors (Lipinski definition) is 3. The zero-order valence-electron chi connectivity index (χ0n) is 11.3. The number of anilines is 2. The van der Waals surface area contributed by atoms with Crippen LogP contribution < -0.4 is 11.1 Å². The fourth-order valence-electron chi connectivity index (χ4n) is 1.83. The third kappa shape index (κ3) is 3.81. The Labute approximate surface area is 116 Å². The Morgan fingerprint density at radius 1 is 1.45 bits per heavy atom. The normalized spacial score (nSPS) is 10.5. The van der Waals surface area contributed by atoms with Crippen molar-refractivity contribution in [3.63, 3.8) is 0 Å². The number of nitrogens with one attached hydrogen (secondary N) is 1. The van der Waals surface area contributed by atoms with E-state index in [-0.39, 0.29) is 11.6 Å². The minimum atomic E-state index is -0.489. The molecule has 20 heavy (non-hydrogen) atoms. The molecular weight excluding hydrogens is 259 g/mol. The Kier molecular flexibility index (Phi) is 4.34. The molecule has 3 N–H and O–H groups in total. The van der Waals surface area contributed by atoms with Gasteiger partial charge in [0, 0.05) is 24.8 Å². The molecule has 1 aromatic carbocycles. The van der Waals surface area contributed by atoms with Crippen LogP contribution in [-0.4, -0.2) is 15.7 Å². The van der Waals surface area contributed by atoms with Crippen LogP contribution in [0.15, 0.2) is 30.5 Å². The van der Waals surface area contributed by atoms with Crippen LogP contribution in [-0.2, 0) is 11.3 Å². The van der Waals surface area contributed by atoms with Crippen molar-refractivity contribution in [1.82, 2.24) is 9.78 Å². The van der Waals surface area contributed by atoms with Gasteiger partial charge in [-0.25, -0.2) is 4.39 Å². The van der Waals surface area contributed by atoms with E-state index in [0.29, 0.717) is 25.1 Å². The van der Waals surface area contributed by atoms with E-state index in [2.05, 4.69) is 10.4 Å². The average Bonchev–Trinajstić information content (AvgIpc) is 2.80. The number of carbonyl (C=O) groups is 1. The number of amides is 1. The lowest BCUT2D eigenvalue weighted by Gasteiger charge is -2.06. The molecule has 0 saturated heterocycles. The number of nitrogen functional groups attached to an aromatic ring is 1. The van der Waals surface area contributed by atoms with Gasteiger partial charge in [0.2, 0.25) is 5.91 Å². The first-order chi connectivity index (χ1) is 9.54. The van der Waals surface area contributed by atoms with Gasteiger partial charge in [0.1, 0.15) is 5.82 Å². The van der Waals surface area contributed by atoms with Crippen LogP contribution in [0.3, 0.4) is 0 Å². The molecule has 6 heteroatoms. The number of hydrogen-bond donors (Lipinski definition) is 2. The molecule has 0 fully saturated rings. The maximum atomic E-state index is 13.0. The lowest BCUT2D eigenvalue weighted by Crippen LogP contribution is -2.13. The number of nitrogens with zero attached hydrogens (tertiary/aromatic N) is 2. The molecule has 0 bridgehead atoms. The number of aromatic nitrogens is 2. The van der Waals surface area contributed by atoms with Gasteiger partial charge in [-0.05, 0) is 37.6 Å². The van der Waals surface area contributed by atoms with Gasteiger partial charge in [-0.15, -0.1) is 0 Å². The van der Waals surface area contributed by atoms with E-state index in [4.69, 9.17) is 5.73 Å². The summed E-state index contributed by atoms with van der Waals surface area (Å²) in [5.41, 5.74) is 6.92. The molecule has 0 aliphatic carbocycles. The molecule has 0 saturated carbocycles. The SMILES string of the molecule is Cc1ccn(CCCC(=O)Nc2ccc(F)c(N)c2)n1. The summed E-state index contributed by atoms with van der Waals surface area (Å²) < 4.78 is 14.8. The van der Waals surface area contributed by atoms with E-state index in [1.165, 1.54) is 18.2 Å². The van der Waals surface area contributed by atoms with E-state index in [0.717, 1.165) is 5.69 Å². The monoisotopic (exact) mass is 276 g/mol. The third-order valence-electron chi connectivity index (χ3n) is 2.84. The Balaban J connectivity index is 1.79. The zero-order chi connectivity index (χ0) is 14.5. The Bertz CT molecular complexity index is 609. The highest BCUT2D eigenvalue weighted by Gasteiger charge is 2.05. The number of benzene rings is 1. The van der Waals surface area contributed by atoms with Crippen molar-refractivity contribution >= 4 is 17.3 Å². The van der Waals surface area contributed by atoms with E-state index >= 15 is 0 Å². The molecule has 2 aromatic rings. The summed E-state index contributed by atoms with van der Waals surface area (Å²) in [4.78, 5) is 11.7. The summed E-state index contributed by atoms with van der Waals surface area (Å²) >= 11 is 0. The van der Waals surface area contributed by atoms with E-state index in [1.54, 1.807) is 4.68 Å². The molecule has 0 aliphatic heterocycles. The molecule has 2 rings (SSSR count). The quantitative estimate of drug-likeness (QED) is 0.823. The predicted octanol–water partition coefficient (Wildman–Crippen LogP) is 2.33. The summed E-state index contributed by atoms with van der Waals surface area (Å²) in [5.74, 6) is -0.614. The minimum absolute atomic E-state index is 0.0230. The van der Waals surface area contributed by atoms with Gasteiger partial charge in [0.25, 0.3) is 0 Å². The summed E-state index contributed by atoms with van der Waals surface area (Å²) in [6, 6.07) is 6.05. The van der Waals surface area contributed by atoms with Crippen molar-refractivity contribution in [3.8, 4) is 0 Å². The molecule has 5 nitrogen and oxygen atoms in total. The second kappa shape index (κ2) is 6.18. The van der Waals surface area contributed by atoms with Gasteiger partial charge in [0.05, 0.1) is 11.4 Å². The highest BCUT2D eigenvalue weighted by atomic mass is 19.1. The molecule has 0 spiro atoms. The Morgan fingerprint density at radius 2 is 2.25 bits per heavy atom. The number of carbonyl (C=O) groups excluding carboxylic acids is 1. The first kappa shape index (κ1) is 14.0. The number of rotatable bonds is 5. The van der Waals surface area contributed by atoms with Crippen LogP contribution in [0, 0.1) is 12.7 Å². The fourth-order valence-corrected chi connectivity index (χ4v) is 1.83. The predicted molar refractivity (Wildman–Crippen MR) is 75.6 cm³/mol. The number of halogens is 1. The second-order valence-electron chi connectivity index (χ2n) is 4.61. The number of aryl methyl sites for hydroxylation is 2. The molecule has 1 heterocycles. The molecule has 0 radical (unpaired) electrons. The van der Waals surface area contributed by atoms with Crippen molar-refractivity contribution < 1.29 is 9.18 Å². The van der Waals surface area contributed by atoms with Crippen LogP contribution in [0.25, 0.3) is 0 Å². The van der Waals surface area contributed by atoms with Crippen LogP contribution in [0.1, 0.15) is 18.5 Å². The molecule has 0 atom stereocenters. The van der Waals surface area contributed by atoms with Crippen molar-refractivity contribution in [2.75, 3.05) is 11.1 Å². The second-order valence-corrected chi connectivity index (χ2v) is 4.61. The summed E-state index contributed by atoms with van der Waals surface area (Å²) in [6.45, 7) is 2.61. The average molecular weight is 276 g/mol. The Morgan fingerprint density at radius 3 is 2.90 bits per heavy atom. The molecule has 106 valence electrons. The lowest BCUT2D eigenvalue weighted by atomic mass is 10.2. The summed E-state index contributed by atoms with van der Waals surface area (Å²) in [7, 11) is 0. The lowest BCUT2D eigenvalue weighted by molar-refractivity contribution is -0.116. The molecule has 0 unspecified atom stereocenters. The van der Waals surface area contributed by atoms with E-state index in [9.17, 15) is 9.18 Å². The van der Waals surface area contributed by atoms with Gasteiger partial charge >= 0.3 is 0 Å². The molecule has 1 aromatic heterocycles. The van der Waals surface area contributed by atoms with Crippen molar-refractivity contribution in [2.45, 2.75) is 26.3 Å². The van der Waals surface area contributed by atoms with E-state index < -0.39 is 5.82 Å². The third-order valence-corrected chi connectivity index (χ3v) is 2.84. The highest BCUT2D eigenvalue weighted by molar-refractivity contribution is 5.91. The largest absolute Gasteiger partial charge is 0.396 e. The van der Waals surface area contributed by atoms with Crippen molar-refractivity contribution in [3.05, 3.63) is 42.0 Å². The minimum Gasteiger partial charge on any atom is -0.396 e. The fraction of sp³-hybridized carbons (Fsp3) is 0.286. The maximum absolute atomic E-state index is 13.0. The topological polar surface area (TPSA) is 72.9 Å². The van der Waals surface area contributed by atoms with Crippen LogP contribution in [0.2, 0.25) is 0 Å². The summed E-state index contributed by atoms with van der Waals surface area (Å²) in [6.07, 6.45) is 2.94. The van der Waals surface area contributed by atoms with Gasteiger partial charge in [-0.1, -0.05) is 0 Å². The number of nitrogens with two attached hydrogens (primary N) is 1. The van der Waals surface area contributed by atoms with Crippen LogP contribution in [0.4, 0.5) is 15.8 Å². The molecular formula is C14H17FN4O. The molecule has 1 amide bonds. The maximum Gasteiger partial charge on any atom is 0.224 e. The smallest absolute Gasteiger partial charge is 0.224 e. The van der Waals surface area contributed by atoms with Gasteiger partial charge in [-0.2, -0.15) is 5.10 Å². The van der Waals surface area contributed by atoms with Gasteiger partial charge < -0.3 is 11.1 Å².